The summed E-state index contributed by atoms with van der Waals surface area (Å²) in [7, 11) is 2.02. The molecule has 1 aliphatic heterocycles. The van der Waals surface area contributed by atoms with Gasteiger partial charge in [-0.2, -0.15) is 4.73 Å². The molecule has 1 saturated heterocycles. The summed E-state index contributed by atoms with van der Waals surface area (Å²) in [4.78, 5) is 16.9. The summed E-state index contributed by atoms with van der Waals surface area (Å²) in [6, 6.07) is 10.4. The molecular formula is C26H27BrFN3O3. The number of likely N-dealkylation sites (N-methyl/N-ethyl adjacent to an activating group) is 1. The highest BCUT2D eigenvalue weighted by Crippen LogP contribution is 2.38. The number of carbonyl (C=O) groups is 1. The Hall–Kier alpha value is -2.97. The van der Waals surface area contributed by atoms with Crippen molar-refractivity contribution < 1.29 is 18.7 Å². The van der Waals surface area contributed by atoms with E-state index in [-0.39, 0.29) is 28.7 Å². The molecule has 4 rings (SSSR count). The molecule has 0 bridgehead atoms. The number of rotatable bonds is 6. The van der Waals surface area contributed by atoms with Crippen LogP contribution < -0.4 is 14.4 Å². The van der Waals surface area contributed by atoms with Gasteiger partial charge in [-0.1, -0.05) is 34.1 Å². The number of hydrogen-bond donors (Lipinski definition) is 0. The number of fused-ring (bicyclic) bond motifs is 1. The van der Waals surface area contributed by atoms with E-state index in [0.717, 1.165) is 23.1 Å². The van der Waals surface area contributed by atoms with Crippen LogP contribution in [0.2, 0.25) is 0 Å². The van der Waals surface area contributed by atoms with Crippen molar-refractivity contribution in [3.05, 3.63) is 75.3 Å². The summed E-state index contributed by atoms with van der Waals surface area (Å²) in [5.74, 6) is -0.596. The quantitative estimate of drug-likeness (QED) is 0.199. The average molecular weight is 528 g/mol. The summed E-state index contributed by atoms with van der Waals surface area (Å²) >= 11 is 3.38. The van der Waals surface area contributed by atoms with Gasteiger partial charge in [0.15, 0.2) is 17.8 Å². The topological polar surface area (TPSA) is 59.7 Å². The maximum atomic E-state index is 15.4. The minimum absolute atomic E-state index is 0.179. The third kappa shape index (κ3) is 5.23. The van der Waals surface area contributed by atoms with Gasteiger partial charge in [0, 0.05) is 30.7 Å². The lowest BCUT2D eigenvalue weighted by atomic mass is 10.1. The maximum absolute atomic E-state index is 15.4. The van der Waals surface area contributed by atoms with E-state index in [4.69, 9.17) is 4.74 Å². The Balaban J connectivity index is 1.75. The van der Waals surface area contributed by atoms with Crippen LogP contribution in [0.5, 0.6) is 5.75 Å². The number of allylic oxidation sites excluding steroid dienone is 1. The monoisotopic (exact) mass is 527 g/mol. The normalized spacial score (nSPS) is 14.9. The molecule has 0 aliphatic carbocycles. The molecule has 178 valence electrons. The Morgan fingerprint density at radius 2 is 1.85 bits per heavy atom. The van der Waals surface area contributed by atoms with Gasteiger partial charge >= 0.3 is 0 Å². The van der Waals surface area contributed by atoms with Crippen LogP contribution in [0, 0.1) is 11.0 Å². The highest BCUT2D eigenvalue weighted by Gasteiger charge is 2.29. The molecule has 0 N–H and O–H groups in total. The molecular weight excluding hydrogens is 501 g/mol. The second-order valence-electron chi connectivity index (χ2n) is 8.73. The van der Waals surface area contributed by atoms with E-state index < -0.39 is 5.82 Å². The molecule has 2 aromatic carbocycles. The summed E-state index contributed by atoms with van der Waals surface area (Å²) < 4.78 is 23.0. The first-order valence-corrected chi connectivity index (χ1v) is 12.0. The van der Waals surface area contributed by atoms with Crippen molar-refractivity contribution in [3.63, 3.8) is 0 Å². The minimum Gasteiger partial charge on any atom is -0.618 e. The second-order valence-corrected chi connectivity index (χ2v) is 9.65. The fraction of sp³-hybridized carbons (Fsp3) is 0.308. The smallest absolute Gasteiger partial charge is 0.268 e. The van der Waals surface area contributed by atoms with Gasteiger partial charge in [0.2, 0.25) is 5.75 Å². The lowest BCUT2D eigenvalue weighted by Gasteiger charge is -2.35. The van der Waals surface area contributed by atoms with Crippen LogP contribution in [-0.2, 0) is 0 Å². The molecule has 0 spiro atoms. The predicted molar refractivity (Wildman–Crippen MR) is 136 cm³/mol. The van der Waals surface area contributed by atoms with E-state index in [2.05, 4.69) is 20.8 Å². The van der Waals surface area contributed by atoms with Gasteiger partial charge in [-0.05, 0) is 56.8 Å². The van der Waals surface area contributed by atoms with E-state index in [9.17, 15) is 10.0 Å². The number of halogens is 2. The summed E-state index contributed by atoms with van der Waals surface area (Å²) in [6.45, 7) is 6.50. The molecule has 0 amide bonds. The van der Waals surface area contributed by atoms with Gasteiger partial charge in [-0.3, -0.25) is 4.79 Å². The van der Waals surface area contributed by atoms with Crippen LogP contribution in [0.4, 0.5) is 10.1 Å². The largest absolute Gasteiger partial charge is 0.618 e. The van der Waals surface area contributed by atoms with Crippen molar-refractivity contribution in [2.45, 2.75) is 20.0 Å². The number of ether oxygens (including phenoxy) is 1. The van der Waals surface area contributed by atoms with Gasteiger partial charge in [0.25, 0.3) is 5.52 Å². The zero-order valence-electron chi connectivity index (χ0n) is 19.4. The van der Waals surface area contributed by atoms with Gasteiger partial charge in [-0.25, -0.2) is 4.39 Å². The first kappa shape index (κ1) is 24.2. The van der Waals surface area contributed by atoms with Gasteiger partial charge in [0.05, 0.1) is 17.1 Å². The summed E-state index contributed by atoms with van der Waals surface area (Å²) in [5.41, 5.74) is 1.55. The molecule has 1 aromatic heterocycles. The molecule has 1 aliphatic rings. The van der Waals surface area contributed by atoms with Crippen LogP contribution in [0.3, 0.4) is 0 Å². The van der Waals surface area contributed by atoms with Crippen LogP contribution in [0.1, 0.15) is 29.8 Å². The number of ketones is 1. The minimum atomic E-state index is -0.470. The van der Waals surface area contributed by atoms with Crippen LogP contribution >= 0.6 is 15.9 Å². The van der Waals surface area contributed by atoms with Crippen molar-refractivity contribution in [3.8, 4) is 5.75 Å². The number of benzene rings is 2. The fourth-order valence-corrected chi connectivity index (χ4v) is 4.27. The summed E-state index contributed by atoms with van der Waals surface area (Å²) in [6.07, 6.45) is 4.06. The second kappa shape index (κ2) is 10.1. The van der Waals surface area contributed by atoms with Crippen LogP contribution in [0.15, 0.2) is 53.1 Å². The number of pyridine rings is 1. The first-order valence-electron chi connectivity index (χ1n) is 11.2. The van der Waals surface area contributed by atoms with Crippen molar-refractivity contribution in [2.24, 2.45) is 0 Å². The van der Waals surface area contributed by atoms with E-state index in [1.54, 1.807) is 12.1 Å². The molecule has 0 unspecified atom stereocenters. The predicted octanol–water partition coefficient (Wildman–Crippen LogP) is 4.81. The molecule has 0 radical (unpaired) electrons. The highest BCUT2D eigenvalue weighted by atomic mass is 79.9. The van der Waals surface area contributed by atoms with E-state index in [1.807, 2.05) is 50.1 Å². The Morgan fingerprint density at radius 3 is 2.50 bits per heavy atom. The van der Waals surface area contributed by atoms with Crippen LogP contribution in [0.25, 0.3) is 17.0 Å². The van der Waals surface area contributed by atoms with E-state index in [1.165, 1.54) is 18.3 Å². The lowest BCUT2D eigenvalue weighted by molar-refractivity contribution is -0.577. The molecule has 0 saturated carbocycles. The average Bonchev–Trinajstić information content (AvgIpc) is 2.78. The van der Waals surface area contributed by atoms with Gasteiger partial charge in [-0.15, -0.1) is 0 Å². The third-order valence-corrected chi connectivity index (χ3v) is 6.28. The van der Waals surface area contributed by atoms with Crippen molar-refractivity contribution >= 4 is 44.4 Å². The maximum Gasteiger partial charge on any atom is 0.268 e. The SMILES string of the molecule is CC(C)Oc1c(N2CCN(C)CC2)c(F)cc2cc(C(=O)C=Cc3ccc(Br)cc3)c[n+]([O-])c12. The zero-order valence-corrected chi connectivity index (χ0v) is 21.0. The standard InChI is InChI=1S/C26H27BrFN3O3/c1-17(2)34-26-24-19(15-22(28)25(26)30-12-10-29(3)11-13-30)14-20(16-31(24)33)23(32)9-6-18-4-7-21(27)8-5-18/h4-9,14-17H,10-13H2,1-3H3. The molecule has 6 nitrogen and oxygen atoms in total. The third-order valence-electron chi connectivity index (χ3n) is 5.75. The Morgan fingerprint density at radius 1 is 1.18 bits per heavy atom. The molecule has 0 atom stereocenters. The Kier molecular flexibility index (Phi) is 7.19. The molecule has 2 heterocycles. The van der Waals surface area contributed by atoms with Crippen molar-refractivity contribution in [1.82, 2.24) is 4.90 Å². The van der Waals surface area contributed by atoms with Gasteiger partial charge < -0.3 is 19.7 Å². The van der Waals surface area contributed by atoms with E-state index in [0.29, 0.717) is 28.9 Å². The lowest BCUT2D eigenvalue weighted by Crippen LogP contribution is -2.45. The van der Waals surface area contributed by atoms with Crippen molar-refractivity contribution in [1.29, 1.82) is 0 Å². The first-order chi connectivity index (χ1) is 16.2. The molecule has 1 fully saturated rings. The zero-order chi connectivity index (χ0) is 24.4. The number of anilines is 1. The molecule has 3 aromatic rings. The number of piperazine rings is 1. The highest BCUT2D eigenvalue weighted by molar-refractivity contribution is 9.10. The van der Waals surface area contributed by atoms with Gasteiger partial charge in [0.1, 0.15) is 5.69 Å². The number of hydrogen-bond acceptors (Lipinski definition) is 5. The molecule has 8 heteroatoms. The molecule has 34 heavy (non-hydrogen) atoms. The fourth-order valence-electron chi connectivity index (χ4n) is 4.01. The Bertz CT molecular complexity index is 1240. The van der Waals surface area contributed by atoms with E-state index >= 15 is 4.39 Å². The summed E-state index contributed by atoms with van der Waals surface area (Å²) in [5, 5.41) is 13.4. The number of aromatic nitrogens is 1. The van der Waals surface area contributed by atoms with Crippen LogP contribution in [-0.4, -0.2) is 50.0 Å². The Labute approximate surface area is 206 Å². The number of nitrogens with zero attached hydrogens (tertiary/aromatic N) is 3. The van der Waals surface area contributed by atoms with Crippen molar-refractivity contribution in [2.75, 3.05) is 38.1 Å². The number of carbonyl (C=O) groups excluding carboxylic acids is 1.